The number of para-hydroxylation sites is 1. The molecule has 0 spiro atoms. The van der Waals surface area contributed by atoms with Gasteiger partial charge in [0.1, 0.15) is 11.6 Å². The summed E-state index contributed by atoms with van der Waals surface area (Å²) in [6.07, 6.45) is 1.69. The topological polar surface area (TPSA) is 52.0 Å². The number of thioether (sulfide) groups is 1. The Morgan fingerprint density at radius 3 is 2.74 bits per heavy atom. The molecule has 140 valence electrons. The maximum Gasteiger partial charge on any atom is 0.262 e. The predicted octanol–water partition coefficient (Wildman–Crippen LogP) is 4.45. The molecule has 0 aliphatic rings. The molecule has 27 heavy (non-hydrogen) atoms. The van der Waals surface area contributed by atoms with Gasteiger partial charge in [-0.3, -0.25) is 14.2 Å². The fraction of sp³-hybridized carbons (Fsp3) is 0.250. The Morgan fingerprint density at radius 1 is 1.19 bits per heavy atom. The first-order valence-corrected chi connectivity index (χ1v) is 9.60. The fourth-order valence-corrected chi connectivity index (χ4v) is 3.60. The summed E-state index contributed by atoms with van der Waals surface area (Å²) in [4.78, 5) is 29.6. The number of halogens is 2. The summed E-state index contributed by atoms with van der Waals surface area (Å²) in [5.41, 5.74) is 0.0776. The number of fused-ring (bicyclic) bond motifs is 1. The van der Waals surface area contributed by atoms with Gasteiger partial charge < -0.3 is 0 Å². The Labute approximate surface area is 159 Å². The van der Waals surface area contributed by atoms with Crippen LogP contribution in [0.5, 0.6) is 0 Å². The molecule has 0 aliphatic heterocycles. The molecule has 3 aromatic rings. The summed E-state index contributed by atoms with van der Waals surface area (Å²) in [5.74, 6) is -2.14. The van der Waals surface area contributed by atoms with E-state index in [-0.39, 0.29) is 16.9 Å². The van der Waals surface area contributed by atoms with Crippen LogP contribution in [-0.2, 0) is 6.54 Å². The Morgan fingerprint density at radius 2 is 1.96 bits per heavy atom. The first-order chi connectivity index (χ1) is 13.0. The van der Waals surface area contributed by atoms with Crippen LogP contribution in [0.4, 0.5) is 8.78 Å². The lowest BCUT2D eigenvalue weighted by atomic mass is 10.1. The molecule has 0 radical (unpaired) electrons. The van der Waals surface area contributed by atoms with Gasteiger partial charge in [-0.25, -0.2) is 13.8 Å². The van der Waals surface area contributed by atoms with Crippen LogP contribution >= 0.6 is 11.8 Å². The molecule has 0 saturated carbocycles. The van der Waals surface area contributed by atoms with Gasteiger partial charge in [-0.2, -0.15) is 0 Å². The van der Waals surface area contributed by atoms with Gasteiger partial charge in [0.15, 0.2) is 10.9 Å². The molecule has 2 aromatic carbocycles. The number of Topliss-reactive ketones (excluding diaryl/α,β-unsaturated/α-hetero) is 1. The van der Waals surface area contributed by atoms with E-state index in [1.54, 1.807) is 28.8 Å². The lowest BCUT2D eigenvalue weighted by Gasteiger charge is -2.12. The van der Waals surface area contributed by atoms with Crippen molar-refractivity contribution in [2.24, 2.45) is 0 Å². The zero-order valence-electron chi connectivity index (χ0n) is 14.7. The van der Waals surface area contributed by atoms with Crippen molar-refractivity contribution in [2.45, 2.75) is 31.5 Å². The summed E-state index contributed by atoms with van der Waals surface area (Å²) in [5, 5.41) is 0.915. The summed E-state index contributed by atoms with van der Waals surface area (Å²) >= 11 is 1.06. The quantitative estimate of drug-likeness (QED) is 0.341. The van der Waals surface area contributed by atoms with Crippen LogP contribution in [0, 0.1) is 11.6 Å². The molecule has 0 unspecified atom stereocenters. The molecule has 0 atom stereocenters. The minimum absolute atomic E-state index is 0.142. The van der Waals surface area contributed by atoms with Crippen LogP contribution in [0.2, 0.25) is 0 Å². The number of nitrogens with zero attached hydrogens (tertiary/aromatic N) is 2. The van der Waals surface area contributed by atoms with E-state index < -0.39 is 17.4 Å². The smallest absolute Gasteiger partial charge is 0.262 e. The van der Waals surface area contributed by atoms with Gasteiger partial charge in [-0.05, 0) is 36.8 Å². The van der Waals surface area contributed by atoms with E-state index in [0.717, 1.165) is 42.8 Å². The third kappa shape index (κ3) is 4.24. The molecule has 3 rings (SSSR count). The third-order valence-corrected chi connectivity index (χ3v) is 5.10. The van der Waals surface area contributed by atoms with E-state index in [4.69, 9.17) is 0 Å². The molecular formula is C20H18F2N2O2S. The van der Waals surface area contributed by atoms with Crippen LogP contribution in [0.3, 0.4) is 0 Å². The van der Waals surface area contributed by atoms with E-state index >= 15 is 0 Å². The number of ketones is 1. The summed E-state index contributed by atoms with van der Waals surface area (Å²) in [6.45, 7) is 2.50. The highest BCUT2D eigenvalue weighted by Crippen LogP contribution is 2.21. The van der Waals surface area contributed by atoms with Crippen LogP contribution < -0.4 is 5.56 Å². The number of carbonyl (C=O) groups excluding carboxylic acids is 1. The third-order valence-electron chi connectivity index (χ3n) is 4.12. The fourth-order valence-electron chi connectivity index (χ4n) is 2.69. The first-order valence-electron chi connectivity index (χ1n) is 8.62. The molecular weight excluding hydrogens is 370 g/mol. The Kier molecular flexibility index (Phi) is 6.01. The van der Waals surface area contributed by atoms with Crippen molar-refractivity contribution in [3.8, 4) is 0 Å². The van der Waals surface area contributed by atoms with Crippen molar-refractivity contribution in [3.05, 3.63) is 70.0 Å². The van der Waals surface area contributed by atoms with E-state index in [2.05, 4.69) is 4.98 Å². The number of hydrogen-bond acceptors (Lipinski definition) is 4. The molecule has 1 aromatic heterocycles. The zero-order valence-corrected chi connectivity index (χ0v) is 15.6. The van der Waals surface area contributed by atoms with E-state index in [0.29, 0.717) is 22.6 Å². The van der Waals surface area contributed by atoms with Crippen LogP contribution in [0.1, 0.15) is 30.1 Å². The van der Waals surface area contributed by atoms with Crippen LogP contribution in [0.25, 0.3) is 10.9 Å². The maximum absolute atomic E-state index is 13.8. The highest BCUT2D eigenvalue weighted by atomic mass is 32.2. The van der Waals surface area contributed by atoms with Gasteiger partial charge >= 0.3 is 0 Å². The lowest BCUT2D eigenvalue weighted by Crippen LogP contribution is -2.24. The highest BCUT2D eigenvalue weighted by molar-refractivity contribution is 7.99. The van der Waals surface area contributed by atoms with Gasteiger partial charge in [0, 0.05) is 6.54 Å². The van der Waals surface area contributed by atoms with Crippen molar-refractivity contribution in [3.63, 3.8) is 0 Å². The number of rotatable bonds is 7. The summed E-state index contributed by atoms with van der Waals surface area (Å²) < 4.78 is 28.7. The molecule has 0 N–H and O–H groups in total. The summed E-state index contributed by atoms with van der Waals surface area (Å²) in [7, 11) is 0. The molecule has 7 heteroatoms. The zero-order chi connectivity index (χ0) is 19.4. The number of benzene rings is 2. The molecule has 0 fully saturated rings. The largest absolute Gasteiger partial charge is 0.293 e. The number of carbonyl (C=O) groups is 1. The average molecular weight is 388 g/mol. The van der Waals surface area contributed by atoms with Gasteiger partial charge in [-0.15, -0.1) is 0 Å². The number of hydrogen-bond donors (Lipinski definition) is 0. The van der Waals surface area contributed by atoms with Crippen molar-refractivity contribution in [2.75, 3.05) is 5.75 Å². The normalized spacial score (nSPS) is 11.1. The standard InChI is InChI=1S/C20H18F2N2O2S/c1-2-3-10-24-19(26)14-6-4-5-7-17(14)23-20(24)27-12-18(25)15-11-13(21)8-9-16(15)22/h4-9,11H,2-3,10,12H2,1H3. The summed E-state index contributed by atoms with van der Waals surface area (Å²) in [6, 6.07) is 9.79. The van der Waals surface area contributed by atoms with Crippen molar-refractivity contribution >= 4 is 28.4 Å². The van der Waals surface area contributed by atoms with Crippen molar-refractivity contribution in [1.82, 2.24) is 9.55 Å². The second kappa shape index (κ2) is 8.43. The molecule has 0 aliphatic carbocycles. The predicted molar refractivity (Wildman–Crippen MR) is 102 cm³/mol. The monoisotopic (exact) mass is 388 g/mol. The maximum atomic E-state index is 13.8. The Bertz CT molecular complexity index is 1050. The molecule has 4 nitrogen and oxygen atoms in total. The Hall–Kier alpha value is -2.54. The van der Waals surface area contributed by atoms with E-state index in [9.17, 15) is 18.4 Å². The molecule has 0 amide bonds. The minimum atomic E-state index is -0.767. The highest BCUT2D eigenvalue weighted by Gasteiger charge is 2.16. The van der Waals surface area contributed by atoms with Crippen molar-refractivity contribution in [1.29, 1.82) is 0 Å². The van der Waals surface area contributed by atoms with Crippen LogP contribution in [0.15, 0.2) is 52.4 Å². The Balaban J connectivity index is 1.92. The number of aromatic nitrogens is 2. The van der Waals surface area contributed by atoms with Gasteiger partial charge in [0.2, 0.25) is 0 Å². The molecule has 0 bridgehead atoms. The molecule has 0 saturated heterocycles. The van der Waals surface area contributed by atoms with Gasteiger partial charge in [-0.1, -0.05) is 37.2 Å². The van der Waals surface area contributed by atoms with Gasteiger partial charge in [0.25, 0.3) is 5.56 Å². The average Bonchev–Trinajstić information content (AvgIpc) is 2.67. The second-order valence-corrected chi connectivity index (χ2v) is 7.00. The van der Waals surface area contributed by atoms with E-state index in [1.807, 2.05) is 6.92 Å². The van der Waals surface area contributed by atoms with Gasteiger partial charge in [0.05, 0.1) is 22.2 Å². The van der Waals surface area contributed by atoms with Crippen molar-refractivity contribution < 1.29 is 13.6 Å². The molecule has 1 heterocycles. The van der Waals surface area contributed by atoms with Crippen LogP contribution in [-0.4, -0.2) is 21.1 Å². The number of unbranched alkanes of at least 4 members (excludes halogenated alkanes) is 1. The van der Waals surface area contributed by atoms with E-state index in [1.165, 1.54) is 0 Å². The lowest BCUT2D eigenvalue weighted by molar-refractivity contribution is 0.101. The first kappa shape index (κ1) is 19.2. The minimum Gasteiger partial charge on any atom is -0.293 e. The SMILES string of the molecule is CCCCn1c(SCC(=O)c2cc(F)ccc2F)nc2ccccc2c1=O. The second-order valence-electron chi connectivity index (χ2n) is 6.06.